The molecule has 20 heavy (non-hydrogen) atoms. The molecule has 0 spiro atoms. The van der Waals surface area contributed by atoms with Gasteiger partial charge in [-0.05, 0) is 25.5 Å². The molecule has 0 amide bonds. The molecule has 2 aromatic rings. The molecule has 1 unspecified atom stereocenters. The number of aliphatic hydroxyl groups excluding tert-OH is 1. The van der Waals surface area contributed by atoms with Crippen LogP contribution < -0.4 is 0 Å². The predicted octanol–water partition coefficient (Wildman–Crippen LogP) is 3.31. The first-order chi connectivity index (χ1) is 9.51. The van der Waals surface area contributed by atoms with Crippen molar-refractivity contribution in [1.82, 2.24) is 4.98 Å². The monoisotopic (exact) mass is 292 g/mol. The third-order valence-electron chi connectivity index (χ3n) is 2.96. The molecular formula is C14H16N2O3S. The molecule has 106 valence electrons. The van der Waals surface area contributed by atoms with E-state index in [2.05, 4.69) is 4.98 Å². The van der Waals surface area contributed by atoms with Gasteiger partial charge in [0, 0.05) is 40.0 Å². The normalized spacial score (nSPS) is 12.6. The van der Waals surface area contributed by atoms with Crippen LogP contribution in [-0.2, 0) is 0 Å². The Bertz CT molecular complexity index is 646. The Hall–Kier alpha value is -1.66. The number of non-ortho nitro benzene ring substituents is 1. The van der Waals surface area contributed by atoms with E-state index in [0.29, 0.717) is 6.42 Å². The number of hydrogen-bond donors (Lipinski definition) is 1. The summed E-state index contributed by atoms with van der Waals surface area (Å²) in [4.78, 5) is 15.9. The van der Waals surface area contributed by atoms with Crippen LogP contribution in [0, 0.1) is 17.0 Å². The molecular weight excluding hydrogens is 276 g/mol. The van der Waals surface area contributed by atoms with Crippen molar-refractivity contribution in [3.63, 3.8) is 0 Å². The van der Waals surface area contributed by atoms with E-state index in [1.165, 1.54) is 6.07 Å². The maximum absolute atomic E-state index is 10.9. The highest BCUT2D eigenvalue weighted by Gasteiger charge is 2.13. The van der Waals surface area contributed by atoms with Gasteiger partial charge in [0.2, 0.25) is 0 Å². The minimum Gasteiger partial charge on any atom is -0.396 e. The number of rotatable bonds is 5. The van der Waals surface area contributed by atoms with Crippen molar-refractivity contribution in [2.45, 2.75) is 30.4 Å². The lowest BCUT2D eigenvalue weighted by molar-refractivity contribution is -0.384. The number of thioether (sulfide) groups is 1. The highest BCUT2D eigenvalue weighted by molar-refractivity contribution is 8.00. The van der Waals surface area contributed by atoms with E-state index in [9.17, 15) is 10.1 Å². The number of pyridine rings is 1. The lowest BCUT2D eigenvalue weighted by Crippen LogP contribution is -2.00. The number of aryl methyl sites for hydroxylation is 1. The van der Waals surface area contributed by atoms with Crippen LogP contribution in [0.2, 0.25) is 0 Å². The molecule has 0 saturated carbocycles. The summed E-state index contributed by atoms with van der Waals surface area (Å²) in [5.41, 5.74) is 1.71. The number of aliphatic hydroxyl groups is 1. The van der Waals surface area contributed by atoms with Crippen molar-refractivity contribution in [2.24, 2.45) is 0 Å². The van der Waals surface area contributed by atoms with Crippen LogP contribution in [0.25, 0.3) is 10.9 Å². The van der Waals surface area contributed by atoms with E-state index in [0.717, 1.165) is 21.5 Å². The Kier molecular flexibility index (Phi) is 4.57. The molecule has 1 atom stereocenters. The maximum atomic E-state index is 10.9. The number of nitro groups is 1. The Morgan fingerprint density at radius 1 is 1.45 bits per heavy atom. The highest BCUT2D eigenvalue weighted by Crippen LogP contribution is 2.33. The minimum absolute atomic E-state index is 0.0693. The fourth-order valence-electron chi connectivity index (χ4n) is 1.98. The van der Waals surface area contributed by atoms with E-state index < -0.39 is 4.92 Å². The lowest BCUT2D eigenvalue weighted by Gasteiger charge is -2.12. The van der Waals surface area contributed by atoms with Crippen molar-refractivity contribution >= 4 is 28.4 Å². The summed E-state index contributed by atoms with van der Waals surface area (Å²) in [5, 5.41) is 20.9. The van der Waals surface area contributed by atoms with Gasteiger partial charge < -0.3 is 5.11 Å². The zero-order valence-corrected chi connectivity index (χ0v) is 12.2. The van der Waals surface area contributed by atoms with Crippen LogP contribution in [0.15, 0.2) is 29.2 Å². The first-order valence-corrected chi connectivity index (χ1v) is 7.22. The van der Waals surface area contributed by atoms with Gasteiger partial charge in [-0.15, -0.1) is 11.8 Å². The van der Waals surface area contributed by atoms with Crippen molar-refractivity contribution in [3.05, 3.63) is 40.1 Å². The molecule has 0 aliphatic heterocycles. The first kappa shape index (κ1) is 14.7. The summed E-state index contributed by atoms with van der Waals surface area (Å²) < 4.78 is 0. The maximum Gasteiger partial charge on any atom is 0.270 e. The topological polar surface area (TPSA) is 76.3 Å². The Morgan fingerprint density at radius 3 is 2.85 bits per heavy atom. The fraction of sp³-hybridized carbons (Fsp3) is 0.357. The molecule has 1 heterocycles. The number of nitrogens with zero attached hydrogens (tertiary/aromatic N) is 2. The number of hydrogen-bond acceptors (Lipinski definition) is 5. The minimum atomic E-state index is -0.398. The molecule has 1 aromatic heterocycles. The molecule has 2 rings (SSSR count). The number of nitro benzene ring substituents is 1. The summed E-state index contributed by atoms with van der Waals surface area (Å²) in [5.74, 6) is 0. The van der Waals surface area contributed by atoms with Gasteiger partial charge in [0.1, 0.15) is 0 Å². The van der Waals surface area contributed by atoms with Gasteiger partial charge in [-0.3, -0.25) is 15.1 Å². The van der Waals surface area contributed by atoms with E-state index in [4.69, 9.17) is 5.11 Å². The first-order valence-electron chi connectivity index (χ1n) is 6.34. The number of aromatic nitrogens is 1. The summed E-state index contributed by atoms with van der Waals surface area (Å²) in [6, 6.07) is 6.65. The molecule has 0 fully saturated rings. The third-order valence-corrected chi connectivity index (χ3v) is 4.19. The molecule has 0 saturated heterocycles. The number of fused-ring (bicyclic) bond motifs is 1. The van der Waals surface area contributed by atoms with E-state index >= 15 is 0 Å². The fourth-order valence-corrected chi connectivity index (χ4v) is 3.16. The summed E-state index contributed by atoms with van der Waals surface area (Å²) in [7, 11) is 0. The Balaban J connectivity index is 2.50. The largest absolute Gasteiger partial charge is 0.396 e. The van der Waals surface area contributed by atoms with Crippen LogP contribution >= 0.6 is 11.8 Å². The van der Waals surface area contributed by atoms with Crippen molar-refractivity contribution in [1.29, 1.82) is 0 Å². The molecule has 6 heteroatoms. The molecule has 1 N–H and O–H groups in total. The SMILES string of the molecule is Cc1cc(SC(C)CCO)c2cc([N+](=O)[O-])ccc2n1. The molecule has 5 nitrogen and oxygen atoms in total. The molecule has 0 aliphatic rings. The molecule has 0 radical (unpaired) electrons. The van der Waals surface area contributed by atoms with E-state index in [1.807, 2.05) is 19.9 Å². The van der Waals surface area contributed by atoms with Crippen LogP contribution in [0.3, 0.4) is 0 Å². The molecule has 0 aliphatic carbocycles. The second kappa shape index (κ2) is 6.19. The molecule has 1 aromatic carbocycles. The van der Waals surface area contributed by atoms with Gasteiger partial charge >= 0.3 is 0 Å². The molecule has 0 bridgehead atoms. The van der Waals surface area contributed by atoms with Crippen molar-refractivity contribution in [2.75, 3.05) is 6.61 Å². The Labute approximate surface area is 121 Å². The van der Waals surface area contributed by atoms with Crippen molar-refractivity contribution in [3.8, 4) is 0 Å². The second-order valence-electron chi connectivity index (χ2n) is 4.66. The van der Waals surface area contributed by atoms with Gasteiger partial charge in [0.15, 0.2) is 0 Å². The van der Waals surface area contributed by atoms with Gasteiger partial charge in [-0.1, -0.05) is 6.92 Å². The Morgan fingerprint density at radius 2 is 2.20 bits per heavy atom. The highest BCUT2D eigenvalue weighted by atomic mass is 32.2. The third kappa shape index (κ3) is 3.26. The second-order valence-corrected chi connectivity index (χ2v) is 6.14. The zero-order valence-electron chi connectivity index (χ0n) is 11.4. The van der Waals surface area contributed by atoms with E-state index in [1.54, 1.807) is 23.9 Å². The smallest absolute Gasteiger partial charge is 0.270 e. The predicted molar refractivity (Wildman–Crippen MR) is 80.2 cm³/mol. The van der Waals surface area contributed by atoms with Gasteiger partial charge in [0.05, 0.1) is 10.4 Å². The van der Waals surface area contributed by atoms with Gasteiger partial charge in [-0.2, -0.15) is 0 Å². The summed E-state index contributed by atoms with van der Waals surface area (Å²) in [6.07, 6.45) is 0.683. The number of benzene rings is 1. The van der Waals surface area contributed by atoms with Crippen molar-refractivity contribution < 1.29 is 10.0 Å². The summed E-state index contributed by atoms with van der Waals surface area (Å²) >= 11 is 1.61. The quantitative estimate of drug-likeness (QED) is 0.520. The van der Waals surface area contributed by atoms with E-state index in [-0.39, 0.29) is 17.5 Å². The average molecular weight is 292 g/mol. The van der Waals surface area contributed by atoms with Crippen LogP contribution in [0.4, 0.5) is 5.69 Å². The zero-order chi connectivity index (χ0) is 14.7. The van der Waals surface area contributed by atoms with Gasteiger partial charge in [0.25, 0.3) is 5.69 Å². The average Bonchev–Trinajstić information content (AvgIpc) is 2.38. The van der Waals surface area contributed by atoms with Crippen LogP contribution in [-0.4, -0.2) is 26.9 Å². The lowest BCUT2D eigenvalue weighted by atomic mass is 10.2. The van der Waals surface area contributed by atoms with Crippen LogP contribution in [0.1, 0.15) is 19.0 Å². The standard InChI is InChI=1S/C14H16N2O3S/c1-9-7-14(20-10(2)5-6-17)12-8-11(16(18)19)3-4-13(12)15-9/h3-4,7-8,10,17H,5-6H2,1-2H3. The van der Waals surface area contributed by atoms with Crippen LogP contribution in [0.5, 0.6) is 0 Å². The summed E-state index contributed by atoms with van der Waals surface area (Å²) in [6.45, 7) is 4.07. The van der Waals surface area contributed by atoms with Gasteiger partial charge in [-0.25, -0.2) is 0 Å².